The van der Waals surface area contributed by atoms with Gasteiger partial charge in [0.2, 0.25) is 0 Å². The second-order valence-electron chi connectivity index (χ2n) is 13.5. The number of hydrogen-bond donors (Lipinski definition) is 4. The lowest BCUT2D eigenvalue weighted by atomic mass is 10.0. The summed E-state index contributed by atoms with van der Waals surface area (Å²) >= 11 is 9.06. The van der Waals surface area contributed by atoms with Gasteiger partial charge in [-0.05, 0) is 209 Å². The topological polar surface area (TPSA) is 146 Å². The molecule has 0 aromatic heterocycles. The van der Waals surface area contributed by atoms with Crippen molar-refractivity contribution in [3.8, 4) is 28.7 Å². The maximum absolute atomic E-state index is 12.0. The van der Waals surface area contributed by atoms with E-state index in [1.54, 1.807) is 24.3 Å². The number of halogens is 4. The van der Waals surface area contributed by atoms with Gasteiger partial charge in [0.05, 0.1) is 14.3 Å². The number of nitrogens with two attached hydrogens (primary N) is 2. The van der Waals surface area contributed by atoms with Gasteiger partial charge in [-0.15, -0.1) is 0 Å². The molecule has 6 N–H and O–H groups in total. The Balaban J connectivity index is 0.000000287. The number of ketones is 1. The van der Waals surface area contributed by atoms with Crippen LogP contribution < -0.4 is 26.3 Å². The predicted molar refractivity (Wildman–Crippen MR) is 245 cm³/mol. The van der Waals surface area contributed by atoms with Crippen LogP contribution in [-0.4, -0.2) is 41.2 Å². The van der Waals surface area contributed by atoms with Crippen molar-refractivity contribution in [3.05, 3.63) is 104 Å². The standard InChI is InChI=1S/C21H26I2N2O3.C19H21I2NO3/c1-13-5-7-16(8-6-13)27-19-17(22)10-14(11-18(19)23)9-15(12-24)25-20(26)28-21(2,3)4;1-2-14(23)4-3-13(22)9-12-10-17(20)19(18(21)11-12)25-16-7-5-15(24)6-8-16/h5-8,10-11,15H,9,12,24H2,1-4H3,(H,25,26);5-8,10-11,13,24H,2-4,9,22H2,1H3/t15-;13-/m01/s1. The van der Waals surface area contributed by atoms with Gasteiger partial charge in [0, 0.05) is 31.5 Å². The van der Waals surface area contributed by atoms with Crippen molar-refractivity contribution < 1.29 is 28.9 Å². The van der Waals surface area contributed by atoms with Crippen LogP contribution >= 0.6 is 90.4 Å². The van der Waals surface area contributed by atoms with Gasteiger partial charge in [-0.3, -0.25) is 4.79 Å². The lowest BCUT2D eigenvalue weighted by Gasteiger charge is -2.23. The van der Waals surface area contributed by atoms with Crippen LogP contribution in [0.4, 0.5) is 4.79 Å². The number of rotatable bonds is 14. The van der Waals surface area contributed by atoms with Crippen LogP contribution in [0.2, 0.25) is 0 Å². The van der Waals surface area contributed by atoms with Crippen molar-refractivity contribution >= 4 is 102 Å². The van der Waals surface area contributed by atoms with E-state index < -0.39 is 11.7 Å². The molecule has 0 bridgehead atoms. The van der Waals surface area contributed by atoms with Crippen LogP contribution in [-0.2, 0) is 22.4 Å². The van der Waals surface area contributed by atoms with Crippen molar-refractivity contribution in [2.75, 3.05) is 6.54 Å². The number of aromatic hydroxyl groups is 1. The van der Waals surface area contributed by atoms with Crippen LogP contribution in [0.1, 0.15) is 63.6 Å². The summed E-state index contributed by atoms with van der Waals surface area (Å²) in [7, 11) is 0. The first-order chi connectivity index (χ1) is 25.0. The molecule has 0 spiro atoms. The molecule has 0 heterocycles. The van der Waals surface area contributed by atoms with Crippen molar-refractivity contribution in [1.82, 2.24) is 5.32 Å². The Bertz CT molecular complexity index is 1770. The number of alkyl carbamates (subject to hydrolysis) is 1. The van der Waals surface area contributed by atoms with E-state index in [1.807, 2.05) is 58.9 Å². The zero-order chi connectivity index (χ0) is 39.3. The Hall–Kier alpha value is -1.94. The number of benzene rings is 4. The molecule has 9 nitrogen and oxygen atoms in total. The number of hydrogen-bond acceptors (Lipinski definition) is 8. The zero-order valence-corrected chi connectivity index (χ0v) is 39.1. The number of ether oxygens (including phenoxy) is 3. The first-order valence-electron chi connectivity index (χ1n) is 17.1. The lowest BCUT2D eigenvalue weighted by molar-refractivity contribution is -0.118. The molecule has 0 fully saturated rings. The molecule has 4 rings (SSSR count). The normalized spacial score (nSPS) is 12.2. The first-order valence-corrected chi connectivity index (χ1v) is 21.4. The minimum Gasteiger partial charge on any atom is -0.508 e. The molecule has 13 heteroatoms. The third-order valence-corrected chi connectivity index (χ3v) is 10.8. The van der Waals surface area contributed by atoms with E-state index in [4.69, 9.17) is 25.7 Å². The highest BCUT2D eigenvalue weighted by molar-refractivity contribution is 14.1. The zero-order valence-electron chi connectivity index (χ0n) is 30.5. The molecule has 4 aromatic rings. The Labute approximate surface area is 367 Å². The highest BCUT2D eigenvalue weighted by atomic mass is 127. The van der Waals surface area contributed by atoms with Crippen LogP contribution in [0.5, 0.6) is 28.7 Å². The number of carbonyl (C=O) groups is 2. The maximum Gasteiger partial charge on any atom is 0.407 e. The van der Waals surface area contributed by atoms with Gasteiger partial charge in [-0.1, -0.05) is 24.6 Å². The molecule has 53 heavy (non-hydrogen) atoms. The van der Waals surface area contributed by atoms with Gasteiger partial charge >= 0.3 is 6.09 Å². The van der Waals surface area contributed by atoms with Crippen molar-refractivity contribution in [2.45, 2.75) is 84.4 Å². The minimum atomic E-state index is -0.539. The van der Waals surface area contributed by atoms with E-state index in [9.17, 15) is 14.7 Å². The van der Waals surface area contributed by atoms with E-state index in [-0.39, 0.29) is 23.6 Å². The molecule has 0 radical (unpaired) electrons. The van der Waals surface area contributed by atoms with Gasteiger partial charge in [0.15, 0.2) is 11.5 Å². The summed E-state index contributed by atoms with van der Waals surface area (Å²) in [4.78, 5) is 23.4. The summed E-state index contributed by atoms with van der Waals surface area (Å²) in [6.45, 7) is 9.76. The number of phenolic OH excluding ortho intramolecular Hbond substituents is 1. The monoisotopic (exact) mass is 1170 g/mol. The molecule has 0 aliphatic carbocycles. The molecule has 2 atom stereocenters. The number of Topliss-reactive ketones (excluding diaryl/α,β-unsaturated/α-hetero) is 1. The molecule has 0 aliphatic heterocycles. The van der Waals surface area contributed by atoms with Crippen LogP contribution in [0.3, 0.4) is 0 Å². The first kappa shape index (κ1) is 45.4. The third-order valence-electron chi connectivity index (χ3n) is 7.59. The number of nitrogens with one attached hydrogen (secondary N) is 1. The average Bonchev–Trinajstić information content (AvgIpc) is 3.07. The number of carbonyl (C=O) groups excluding carboxylic acids is 2. The molecular weight excluding hydrogens is 1130 g/mol. The van der Waals surface area contributed by atoms with Gasteiger partial charge in [0.1, 0.15) is 28.6 Å². The Morgan fingerprint density at radius 3 is 1.68 bits per heavy atom. The van der Waals surface area contributed by atoms with Crippen molar-refractivity contribution in [3.63, 3.8) is 0 Å². The van der Waals surface area contributed by atoms with Crippen LogP contribution in [0.15, 0.2) is 72.8 Å². The molecule has 0 saturated heterocycles. The lowest BCUT2D eigenvalue weighted by Crippen LogP contribution is -2.44. The van der Waals surface area contributed by atoms with Gasteiger partial charge in [-0.25, -0.2) is 4.79 Å². The second-order valence-corrected chi connectivity index (χ2v) is 18.1. The Morgan fingerprint density at radius 2 is 1.25 bits per heavy atom. The quantitative estimate of drug-likeness (QED) is 0.0914. The SMILES string of the molecule is CCC(=O)CC[C@@H](N)Cc1cc(I)c(Oc2ccc(O)cc2)c(I)c1.Cc1ccc(Oc2c(I)cc(C[C@@H](CN)NC(=O)OC(C)(C)C)cc2I)cc1. The fourth-order valence-corrected chi connectivity index (χ4v) is 9.13. The van der Waals surface area contributed by atoms with Crippen molar-refractivity contribution in [2.24, 2.45) is 11.5 Å². The molecular formula is C40H47I4N3O6. The predicted octanol–water partition coefficient (Wildman–Crippen LogP) is 10.4. The van der Waals surface area contributed by atoms with E-state index in [2.05, 4.69) is 120 Å². The summed E-state index contributed by atoms with van der Waals surface area (Å²) in [5, 5.41) is 12.2. The fourth-order valence-electron chi connectivity index (χ4n) is 4.89. The van der Waals surface area contributed by atoms with E-state index >= 15 is 0 Å². The van der Waals surface area contributed by atoms with Gasteiger partial charge < -0.3 is 36.1 Å². The summed E-state index contributed by atoms with van der Waals surface area (Å²) in [6.07, 6.45) is 2.74. The molecule has 4 aromatic carbocycles. The summed E-state index contributed by atoms with van der Waals surface area (Å²) in [5.74, 6) is 3.58. The molecule has 1 amide bonds. The fraction of sp³-hybridized carbons (Fsp3) is 0.350. The van der Waals surface area contributed by atoms with Crippen LogP contribution in [0, 0.1) is 21.2 Å². The largest absolute Gasteiger partial charge is 0.508 e. The molecule has 286 valence electrons. The molecule has 0 aliphatic rings. The highest BCUT2D eigenvalue weighted by Crippen LogP contribution is 2.35. The van der Waals surface area contributed by atoms with E-state index in [1.165, 1.54) is 5.56 Å². The summed E-state index contributed by atoms with van der Waals surface area (Å²) in [5.41, 5.74) is 14.9. The second kappa shape index (κ2) is 22.0. The molecule has 0 unspecified atom stereocenters. The third kappa shape index (κ3) is 16.4. The highest BCUT2D eigenvalue weighted by Gasteiger charge is 2.20. The van der Waals surface area contributed by atoms with Gasteiger partial charge in [-0.2, -0.15) is 0 Å². The summed E-state index contributed by atoms with van der Waals surface area (Å²) < 4.78 is 21.4. The number of aryl methyl sites for hydroxylation is 1. The van der Waals surface area contributed by atoms with Gasteiger partial charge in [0.25, 0.3) is 0 Å². The Morgan fingerprint density at radius 1 is 0.792 bits per heavy atom. The van der Waals surface area contributed by atoms with E-state index in [0.29, 0.717) is 38.0 Å². The Kier molecular flexibility index (Phi) is 18.8. The van der Waals surface area contributed by atoms with Crippen LogP contribution in [0.25, 0.3) is 0 Å². The van der Waals surface area contributed by atoms with Crippen molar-refractivity contribution in [1.29, 1.82) is 0 Å². The summed E-state index contributed by atoms with van der Waals surface area (Å²) in [6, 6.07) is 22.7. The number of amides is 1. The smallest absolute Gasteiger partial charge is 0.407 e. The number of phenols is 1. The molecule has 0 saturated carbocycles. The minimum absolute atomic E-state index is 0.0223. The van der Waals surface area contributed by atoms with E-state index in [0.717, 1.165) is 49.1 Å². The average molecular weight is 1170 g/mol. The maximum atomic E-state index is 12.0.